The summed E-state index contributed by atoms with van der Waals surface area (Å²) in [6, 6.07) is 9.55. The third-order valence-corrected chi connectivity index (χ3v) is 2.36. The lowest BCUT2D eigenvalue weighted by atomic mass is 10.1. The first-order chi connectivity index (χ1) is 8.56. The Bertz CT molecular complexity index is 493. The van der Waals surface area contributed by atoms with Crippen molar-refractivity contribution in [2.75, 3.05) is 5.32 Å². The van der Waals surface area contributed by atoms with E-state index in [9.17, 15) is 4.79 Å². The topological polar surface area (TPSA) is 88.7 Å². The molecule has 1 rings (SSSR count). The first-order valence-electron chi connectivity index (χ1n) is 5.54. The SMILES string of the molecule is CC(C)C(C#N)NC(=O)Nc1ccc(C#N)cc1. The van der Waals surface area contributed by atoms with Crippen LogP contribution in [0.1, 0.15) is 19.4 Å². The number of anilines is 1. The lowest BCUT2D eigenvalue weighted by molar-refractivity contribution is 0.248. The first kappa shape index (κ1) is 13.5. The predicted octanol–water partition coefficient (Wildman–Crippen LogP) is 2.23. The first-order valence-corrected chi connectivity index (χ1v) is 5.54. The summed E-state index contributed by atoms with van der Waals surface area (Å²) in [5.74, 6) is 0.0433. The van der Waals surface area contributed by atoms with Gasteiger partial charge in [-0.3, -0.25) is 0 Å². The molecule has 92 valence electrons. The minimum absolute atomic E-state index is 0.0433. The Kier molecular flexibility index (Phi) is 4.71. The predicted molar refractivity (Wildman–Crippen MR) is 67.6 cm³/mol. The van der Waals surface area contributed by atoms with Crippen molar-refractivity contribution in [3.05, 3.63) is 29.8 Å². The minimum Gasteiger partial charge on any atom is -0.322 e. The molecule has 5 heteroatoms. The molecule has 5 nitrogen and oxygen atoms in total. The standard InChI is InChI=1S/C13H14N4O/c1-9(2)12(8-15)17-13(18)16-11-5-3-10(7-14)4-6-11/h3-6,9,12H,1-2H3,(H2,16,17,18). The van der Waals surface area contributed by atoms with Gasteiger partial charge in [-0.05, 0) is 30.2 Å². The van der Waals surface area contributed by atoms with Crippen molar-refractivity contribution in [2.45, 2.75) is 19.9 Å². The number of nitrogens with zero attached hydrogens (tertiary/aromatic N) is 2. The van der Waals surface area contributed by atoms with Crippen molar-refractivity contribution >= 4 is 11.7 Å². The molecular formula is C13H14N4O. The Labute approximate surface area is 106 Å². The average Bonchev–Trinajstić information content (AvgIpc) is 2.36. The van der Waals surface area contributed by atoms with E-state index in [-0.39, 0.29) is 5.92 Å². The number of urea groups is 1. The normalized spacial score (nSPS) is 11.2. The minimum atomic E-state index is -0.525. The van der Waals surface area contributed by atoms with E-state index in [1.807, 2.05) is 26.0 Å². The summed E-state index contributed by atoms with van der Waals surface area (Å²) in [6.07, 6.45) is 0. The van der Waals surface area contributed by atoms with Crippen LogP contribution in [0, 0.1) is 28.6 Å². The largest absolute Gasteiger partial charge is 0.322 e. The van der Waals surface area contributed by atoms with Gasteiger partial charge in [0.1, 0.15) is 6.04 Å². The van der Waals surface area contributed by atoms with Crippen LogP contribution in [-0.2, 0) is 0 Å². The second kappa shape index (κ2) is 6.27. The summed E-state index contributed by atoms with van der Waals surface area (Å²) >= 11 is 0. The second-order valence-electron chi connectivity index (χ2n) is 4.14. The number of nitrogens with one attached hydrogen (secondary N) is 2. The Morgan fingerprint density at radius 1 is 1.22 bits per heavy atom. The highest BCUT2D eigenvalue weighted by molar-refractivity contribution is 5.89. The summed E-state index contributed by atoms with van der Waals surface area (Å²) in [5, 5.41) is 22.7. The van der Waals surface area contributed by atoms with Crippen LogP contribution < -0.4 is 10.6 Å². The Hall–Kier alpha value is -2.53. The van der Waals surface area contributed by atoms with E-state index in [0.29, 0.717) is 11.3 Å². The van der Waals surface area contributed by atoms with Gasteiger partial charge in [0, 0.05) is 5.69 Å². The van der Waals surface area contributed by atoms with Crippen LogP contribution in [0.4, 0.5) is 10.5 Å². The lowest BCUT2D eigenvalue weighted by Gasteiger charge is -2.15. The third kappa shape index (κ3) is 3.80. The highest BCUT2D eigenvalue weighted by atomic mass is 16.2. The summed E-state index contributed by atoms with van der Waals surface area (Å²) < 4.78 is 0. The van der Waals surface area contributed by atoms with Gasteiger partial charge in [0.25, 0.3) is 0 Å². The van der Waals surface area contributed by atoms with Gasteiger partial charge in [-0.15, -0.1) is 0 Å². The molecule has 18 heavy (non-hydrogen) atoms. The van der Waals surface area contributed by atoms with Gasteiger partial charge in [-0.1, -0.05) is 13.8 Å². The smallest absolute Gasteiger partial charge is 0.320 e. The van der Waals surface area contributed by atoms with Gasteiger partial charge >= 0.3 is 6.03 Å². The van der Waals surface area contributed by atoms with Gasteiger partial charge in [0.05, 0.1) is 17.7 Å². The molecule has 0 heterocycles. The van der Waals surface area contributed by atoms with E-state index >= 15 is 0 Å². The maximum Gasteiger partial charge on any atom is 0.320 e. The molecule has 1 unspecified atom stereocenters. The quantitative estimate of drug-likeness (QED) is 0.851. The monoisotopic (exact) mass is 242 g/mol. The number of benzene rings is 1. The fourth-order valence-corrected chi connectivity index (χ4v) is 1.28. The van der Waals surface area contributed by atoms with Crippen molar-refractivity contribution in [2.24, 2.45) is 5.92 Å². The summed E-state index contributed by atoms with van der Waals surface area (Å²) in [5.41, 5.74) is 1.10. The van der Waals surface area contributed by atoms with Crippen LogP contribution in [0.5, 0.6) is 0 Å². The van der Waals surface area contributed by atoms with Gasteiger partial charge in [-0.25, -0.2) is 4.79 Å². The van der Waals surface area contributed by atoms with Gasteiger partial charge < -0.3 is 10.6 Å². The number of hydrogen-bond donors (Lipinski definition) is 2. The van der Waals surface area contributed by atoms with Gasteiger partial charge in [-0.2, -0.15) is 10.5 Å². The van der Waals surface area contributed by atoms with E-state index in [1.165, 1.54) is 0 Å². The molecule has 0 saturated heterocycles. The molecule has 1 atom stereocenters. The van der Waals surface area contributed by atoms with Crippen molar-refractivity contribution in [1.82, 2.24) is 5.32 Å². The van der Waals surface area contributed by atoms with Gasteiger partial charge in [0.15, 0.2) is 0 Å². The maximum absolute atomic E-state index is 11.6. The number of hydrogen-bond acceptors (Lipinski definition) is 3. The maximum atomic E-state index is 11.6. The second-order valence-corrected chi connectivity index (χ2v) is 4.14. The van der Waals surface area contributed by atoms with Crippen molar-refractivity contribution in [3.8, 4) is 12.1 Å². The molecule has 0 radical (unpaired) electrons. The van der Waals surface area contributed by atoms with Crippen LogP contribution in [0.25, 0.3) is 0 Å². The van der Waals surface area contributed by atoms with E-state index in [1.54, 1.807) is 24.3 Å². The number of amides is 2. The summed E-state index contributed by atoms with van der Waals surface area (Å²) in [7, 11) is 0. The zero-order valence-electron chi connectivity index (χ0n) is 10.3. The van der Waals surface area contributed by atoms with Gasteiger partial charge in [0.2, 0.25) is 0 Å². The Balaban J connectivity index is 2.60. The molecule has 0 aliphatic heterocycles. The van der Waals surface area contributed by atoms with E-state index < -0.39 is 12.1 Å². The number of rotatable bonds is 3. The highest BCUT2D eigenvalue weighted by Crippen LogP contribution is 2.09. The van der Waals surface area contributed by atoms with E-state index in [2.05, 4.69) is 10.6 Å². The molecule has 0 bridgehead atoms. The Morgan fingerprint density at radius 2 is 1.83 bits per heavy atom. The number of carbonyl (C=O) groups excluding carboxylic acids is 1. The van der Waals surface area contributed by atoms with Crippen molar-refractivity contribution in [3.63, 3.8) is 0 Å². The van der Waals surface area contributed by atoms with Crippen molar-refractivity contribution < 1.29 is 4.79 Å². The fourth-order valence-electron chi connectivity index (χ4n) is 1.28. The van der Waals surface area contributed by atoms with Crippen LogP contribution in [0.15, 0.2) is 24.3 Å². The summed E-state index contributed by atoms with van der Waals surface area (Å²) in [4.78, 5) is 11.6. The molecule has 2 amide bonds. The zero-order chi connectivity index (χ0) is 13.5. The highest BCUT2D eigenvalue weighted by Gasteiger charge is 2.14. The molecule has 0 aliphatic carbocycles. The van der Waals surface area contributed by atoms with Crippen LogP contribution in [0.3, 0.4) is 0 Å². The number of carbonyl (C=O) groups is 1. The summed E-state index contributed by atoms with van der Waals surface area (Å²) in [6.45, 7) is 3.71. The molecular weight excluding hydrogens is 228 g/mol. The van der Waals surface area contributed by atoms with Crippen molar-refractivity contribution in [1.29, 1.82) is 10.5 Å². The zero-order valence-corrected chi connectivity index (χ0v) is 10.3. The lowest BCUT2D eigenvalue weighted by Crippen LogP contribution is -2.40. The molecule has 0 spiro atoms. The number of nitriles is 2. The fraction of sp³-hybridized carbons (Fsp3) is 0.308. The van der Waals surface area contributed by atoms with E-state index in [0.717, 1.165) is 0 Å². The molecule has 0 aliphatic rings. The third-order valence-electron chi connectivity index (χ3n) is 2.36. The Morgan fingerprint density at radius 3 is 2.28 bits per heavy atom. The average molecular weight is 242 g/mol. The van der Waals surface area contributed by atoms with E-state index in [4.69, 9.17) is 10.5 Å². The molecule has 1 aromatic carbocycles. The van der Waals surface area contributed by atoms with Crippen LogP contribution in [0.2, 0.25) is 0 Å². The van der Waals surface area contributed by atoms with Crippen LogP contribution in [-0.4, -0.2) is 12.1 Å². The van der Waals surface area contributed by atoms with Crippen LogP contribution >= 0.6 is 0 Å². The molecule has 1 aromatic rings. The molecule has 2 N–H and O–H groups in total. The molecule has 0 aromatic heterocycles. The molecule has 0 fully saturated rings. The molecule has 0 saturated carbocycles.